The Morgan fingerprint density at radius 1 is 0.543 bits per heavy atom. The third kappa shape index (κ3) is 11.5. The molecule has 0 saturated carbocycles. The van der Waals surface area contributed by atoms with Gasteiger partial charge >= 0.3 is 11.9 Å². The van der Waals surface area contributed by atoms with Crippen molar-refractivity contribution in [3.05, 3.63) is 141 Å². The summed E-state index contributed by atoms with van der Waals surface area (Å²) < 4.78 is 32.2. The average molecular weight is 963 g/mol. The maximum absolute atomic E-state index is 12.9. The van der Waals surface area contributed by atoms with Gasteiger partial charge in [-0.05, 0) is 128 Å². The third-order valence-electron chi connectivity index (χ3n) is 11.7. The van der Waals surface area contributed by atoms with E-state index in [4.69, 9.17) is 32.4 Å². The maximum atomic E-state index is 12.9. The Labute approximate surface area is 410 Å². The molecular weight excluding hydrogens is 901 g/mol. The molecule has 4 aromatic carbocycles. The molecule has 0 fully saturated rings. The van der Waals surface area contributed by atoms with Gasteiger partial charge in [0.1, 0.15) is 35.8 Å². The van der Waals surface area contributed by atoms with Crippen molar-refractivity contribution in [3.63, 3.8) is 0 Å². The van der Waals surface area contributed by atoms with Gasteiger partial charge in [-0.15, -0.1) is 0 Å². The molecule has 0 radical (unpaired) electrons. The molecule has 364 valence electrons. The predicted octanol–water partition coefficient (Wildman–Crippen LogP) is 5.98. The highest BCUT2D eigenvalue weighted by molar-refractivity contribution is 6.17. The van der Waals surface area contributed by atoms with Crippen LogP contribution in [0.3, 0.4) is 0 Å². The second-order valence-corrected chi connectivity index (χ2v) is 17.0. The molecule has 70 heavy (non-hydrogen) atoms. The second kappa shape index (κ2) is 23.6. The number of carbonyl (C=O) groups is 2. The van der Waals surface area contributed by atoms with E-state index in [1.165, 1.54) is 0 Å². The zero-order chi connectivity index (χ0) is 50.6. The molecule has 2 aliphatic carbocycles. The van der Waals surface area contributed by atoms with Gasteiger partial charge in [0.15, 0.2) is 0 Å². The van der Waals surface area contributed by atoms with E-state index >= 15 is 0 Å². The van der Waals surface area contributed by atoms with Crippen LogP contribution >= 0.6 is 0 Å². The van der Waals surface area contributed by atoms with Gasteiger partial charge in [-0.2, -0.15) is 0 Å². The number of benzene rings is 6. The minimum atomic E-state index is -3.63. The van der Waals surface area contributed by atoms with Gasteiger partial charge in [-0.1, -0.05) is 36.4 Å². The number of aryl methyl sites for hydroxylation is 4. The fourth-order valence-electron chi connectivity index (χ4n) is 8.68. The first-order valence-electron chi connectivity index (χ1n) is 23.8. The zero-order valence-corrected chi connectivity index (χ0v) is 42.7. The molecule has 0 saturated heterocycles. The molecule has 4 aliphatic rings. The molecule has 0 bridgehead atoms. The van der Waals surface area contributed by atoms with Crippen LogP contribution in [0.2, 0.25) is 0 Å². The number of fused-ring (bicyclic) bond motifs is 4. The summed E-state index contributed by atoms with van der Waals surface area (Å²) in [4.78, 5) is 49.6. The number of hydrogen-bond acceptors (Lipinski definition) is 11. The smallest absolute Gasteiger partial charge is 0.338 e. The number of nitrogens with one attached hydrogen (secondary N) is 4. The highest BCUT2D eigenvalue weighted by Crippen LogP contribution is 2.44. The lowest BCUT2D eigenvalue weighted by Gasteiger charge is -2.19. The van der Waals surface area contributed by atoms with Gasteiger partial charge in [0, 0.05) is 89.9 Å². The number of esters is 2. The quantitative estimate of drug-likeness (QED) is 0.0639. The summed E-state index contributed by atoms with van der Waals surface area (Å²) in [5, 5.41) is 10.8. The number of ether oxygens (including phenoxy) is 2. The Balaban J connectivity index is 0.000000213. The Kier molecular flexibility index (Phi) is 17.5. The summed E-state index contributed by atoms with van der Waals surface area (Å²) in [6.07, 6.45) is 0. The monoisotopic (exact) mass is 962 g/mol. The second-order valence-electron chi connectivity index (χ2n) is 16.5. The van der Waals surface area contributed by atoms with Gasteiger partial charge in [0.05, 0.1) is 36.5 Å². The lowest BCUT2D eigenvalue weighted by Crippen LogP contribution is -2.76. The maximum Gasteiger partial charge on any atom is 0.338 e. The van der Waals surface area contributed by atoms with Gasteiger partial charge in [0.25, 0.3) is 0 Å². The van der Waals surface area contributed by atoms with Gasteiger partial charge in [-0.3, -0.25) is 0 Å². The molecule has 13 nitrogen and oxygen atoms in total. The fourth-order valence-corrected chi connectivity index (χ4v) is 8.68. The summed E-state index contributed by atoms with van der Waals surface area (Å²) in [7, 11) is -3.63. The first-order chi connectivity index (χ1) is 33.7. The Bertz CT molecular complexity index is 3070. The van der Waals surface area contributed by atoms with Crippen LogP contribution in [-0.4, -0.2) is 60.5 Å². The molecule has 0 spiro atoms. The van der Waals surface area contributed by atoms with Gasteiger partial charge in [-0.25, -0.2) is 19.6 Å². The SMILES string of the molecule is CCNc1cc2oc3cc(=[NH+]CC)c(C)cc-3c(-c3ccccc3C(=O)OCC)c2cc1C.CCNc1cc2oc3cc(=[NH+]CC)c(C)cc-3c(-c3ccccc3C(=O)OCC)c2cc1C.O=[Si]([O-])[O-]. The van der Waals surface area contributed by atoms with Crippen LogP contribution in [-0.2, 0) is 13.9 Å². The van der Waals surface area contributed by atoms with Crippen molar-refractivity contribution in [1.82, 2.24) is 0 Å². The summed E-state index contributed by atoms with van der Waals surface area (Å²) in [6.45, 7) is 24.2. The van der Waals surface area contributed by atoms with Crippen molar-refractivity contribution >= 4 is 54.4 Å². The molecule has 2 heterocycles. The van der Waals surface area contributed by atoms with E-state index in [1.807, 2.05) is 62.4 Å². The molecule has 14 heteroatoms. The summed E-state index contributed by atoms with van der Waals surface area (Å²) >= 11 is 0. The Hall–Kier alpha value is -7.58. The highest BCUT2D eigenvalue weighted by Gasteiger charge is 2.26. The summed E-state index contributed by atoms with van der Waals surface area (Å²) in [6, 6.07) is 32.1. The van der Waals surface area contributed by atoms with Crippen molar-refractivity contribution < 1.29 is 51.9 Å². The van der Waals surface area contributed by atoms with E-state index in [2.05, 4.69) is 125 Å². The van der Waals surface area contributed by atoms with Crippen LogP contribution in [0.5, 0.6) is 0 Å². The minimum Gasteiger partial charge on any atom is -0.672 e. The van der Waals surface area contributed by atoms with E-state index in [0.717, 1.165) is 137 Å². The van der Waals surface area contributed by atoms with Gasteiger partial charge < -0.3 is 43.0 Å². The van der Waals surface area contributed by atoms with Crippen molar-refractivity contribution in [3.8, 4) is 44.9 Å². The molecule has 0 atom stereocenters. The number of carbonyl (C=O) groups excluding carboxylic acids is 2. The Morgan fingerprint density at radius 3 is 1.26 bits per heavy atom. The van der Waals surface area contributed by atoms with E-state index in [9.17, 15) is 9.59 Å². The van der Waals surface area contributed by atoms with Crippen LogP contribution < -0.4 is 40.9 Å². The third-order valence-corrected chi connectivity index (χ3v) is 11.7. The molecular formula is C56H62N4O9Si. The molecule has 8 rings (SSSR count). The largest absolute Gasteiger partial charge is 0.672 e. The molecule has 0 amide bonds. The van der Waals surface area contributed by atoms with E-state index in [-0.39, 0.29) is 11.9 Å². The van der Waals surface area contributed by atoms with Crippen molar-refractivity contribution in [2.75, 3.05) is 50.0 Å². The Morgan fingerprint density at radius 2 is 0.914 bits per heavy atom. The van der Waals surface area contributed by atoms with Crippen molar-refractivity contribution in [1.29, 1.82) is 0 Å². The lowest BCUT2D eigenvalue weighted by molar-refractivity contribution is -0.496. The van der Waals surface area contributed by atoms with Crippen molar-refractivity contribution in [2.45, 2.75) is 69.2 Å². The van der Waals surface area contributed by atoms with Crippen molar-refractivity contribution in [2.24, 2.45) is 0 Å². The molecule has 0 unspecified atom stereocenters. The van der Waals surface area contributed by atoms with E-state index in [1.54, 1.807) is 0 Å². The van der Waals surface area contributed by atoms with Crippen LogP contribution in [0.25, 0.3) is 66.8 Å². The average Bonchev–Trinajstić information content (AvgIpc) is 3.32. The standard InChI is InChI=1S/2C28H30N2O3.O3Si/c2*1-6-29-23-15-25-21(13-17(23)4)27(19-11-9-10-12-20(19)28(31)32-8-3)22-14-18(5)24(30-7-2)16-26(22)33-25;1-4(2)3/h2*9-16,29H,6-8H2,1-5H3;/q;;-2/p+2. The summed E-state index contributed by atoms with van der Waals surface area (Å²) in [5.74, 6) is 0.891. The summed E-state index contributed by atoms with van der Waals surface area (Å²) in [5.41, 5.74) is 14.8. The van der Waals surface area contributed by atoms with Crippen LogP contribution in [0.4, 0.5) is 11.4 Å². The zero-order valence-electron chi connectivity index (χ0n) is 41.7. The first-order valence-corrected chi connectivity index (χ1v) is 25.0. The molecule has 0 aromatic heterocycles. The van der Waals surface area contributed by atoms with Crippen LogP contribution in [0, 0.1) is 27.7 Å². The molecule has 2 aliphatic heterocycles. The van der Waals surface area contributed by atoms with Crippen LogP contribution in [0.1, 0.15) is 84.5 Å². The van der Waals surface area contributed by atoms with E-state index < -0.39 is 9.17 Å². The van der Waals surface area contributed by atoms with Gasteiger partial charge in [0.2, 0.25) is 10.7 Å². The molecule has 4 N–H and O–H groups in total. The van der Waals surface area contributed by atoms with Crippen LogP contribution in [0.15, 0.2) is 106 Å². The normalized spacial score (nSPS) is 11.5. The number of anilines is 2. The lowest BCUT2D eigenvalue weighted by atomic mass is 9.89. The topological polar surface area (TPSA) is 194 Å². The minimum absolute atomic E-state index is 0.322. The first kappa shape index (κ1) is 51.8. The number of rotatable bonds is 12. The fraction of sp³-hybridized carbons (Fsp3) is 0.286. The predicted molar refractivity (Wildman–Crippen MR) is 271 cm³/mol. The molecule has 4 aromatic rings. The van der Waals surface area contributed by atoms with E-state index in [0.29, 0.717) is 24.3 Å². The highest BCUT2D eigenvalue weighted by atomic mass is 28.3. The number of hydrogen-bond donors (Lipinski definition) is 4.